The molecule has 0 fully saturated rings. The van der Waals surface area contributed by atoms with Crippen LogP contribution in [0.25, 0.3) is 0 Å². The molecule has 1 heteroatoms. The van der Waals surface area contributed by atoms with Crippen molar-refractivity contribution in [3.8, 4) is 0 Å². The molecule has 1 rings (SSSR count). The van der Waals surface area contributed by atoms with Crippen LogP contribution in [0.4, 0.5) is 0 Å². The molecule has 13 heavy (non-hydrogen) atoms. The van der Waals surface area contributed by atoms with Gasteiger partial charge in [-0.15, -0.1) is 0 Å². The Labute approximate surface area is 79.8 Å². The number of carbonyl (C=O) groups excluding carboxylic acids is 1. The molecule has 0 N–H and O–H groups in total. The van der Waals surface area contributed by atoms with E-state index in [1.165, 1.54) is 5.56 Å². The third-order valence-electron chi connectivity index (χ3n) is 2.47. The predicted molar refractivity (Wildman–Crippen MR) is 55.2 cm³/mol. The second-order valence-corrected chi connectivity index (χ2v) is 3.49. The zero-order chi connectivity index (χ0) is 9.84. The summed E-state index contributed by atoms with van der Waals surface area (Å²) in [6.45, 7) is 5.94. The van der Waals surface area contributed by atoms with Gasteiger partial charge in [0.2, 0.25) is 0 Å². The second-order valence-electron chi connectivity index (χ2n) is 3.49. The minimum absolute atomic E-state index is 0.144. The number of benzene rings is 1. The van der Waals surface area contributed by atoms with E-state index in [2.05, 4.69) is 19.9 Å². The Morgan fingerprint density at radius 1 is 1.46 bits per heavy atom. The maximum absolute atomic E-state index is 11.1. The smallest absolute Gasteiger partial charge is 0.159 e. The van der Waals surface area contributed by atoms with Crippen molar-refractivity contribution < 1.29 is 4.79 Å². The molecule has 1 unspecified atom stereocenters. The van der Waals surface area contributed by atoms with Gasteiger partial charge in [-0.05, 0) is 30.9 Å². The van der Waals surface area contributed by atoms with E-state index in [0.717, 1.165) is 12.0 Å². The number of hydrogen-bond acceptors (Lipinski definition) is 1. The fourth-order valence-corrected chi connectivity index (χ4v) is 1.30. The lowest BCUT2D eigenvalue weighted by Gasteiger charge is -2.09. The van der Waals surface area contributed by atoms with Crippen molar-refractivity contribution in [3.05, 3.63) is 35.4 Å². The molecule has 0 radical (unpaired) electrons. The largest absolute Gasteiger partial charge is 0.295 e. The normalized spacial score (nSPS) is 12.5. The Morgan fingerprint density at radius 3 is 2.69 bits per heavy atom. The van der Waals surface area contributed by atoms with E-state index >= 15 is 0 Å². The van der Waals surface area contributed by atoms with E-state index in [0.29, 0.717) is 5.92 Å². The summed E-state index contributed by atoms with van der Waals surface area (Å²) in [5.74, 6) is 0.685. The Hall–Kier alpha value is -1.11. The van der Waals surface area contributed by atoms with Crippen LogP contribution < -0.4 is 0 Å². The van der Waals surface area contributed by atoms with Gasteiger partial charge in [-0.3, -0.25) is 4.79 Å². The summed E-state index contributed by atoms with van der Waals surface area (Å²) in [7, 11) is 0. The zero-order valence-corrected chi connectivity index (χ0v) is 8.50. The number of ketones is 1. The highest BCUT2D eigenvalue weighted by molar-refractivity contribution is 5.94. The van der Waals surface area contributed by atoms with Crippen molar-refractivity contribution in [1.82, 2.24) is 0 Å². The molecule has 0 aliphatic rings. The maximum Gasteiger partial charge on any atom is 0.159 e. The van der Waals surface area contributed by atoms with Crippen LogP contribution >= 0.6 is 0 Å². The van der Waals surface area contributed by atoms with Crippen molar-refractivity contribution in [2.75, 3.05) is 0 Å². The summed E-state index contributed by atoms with van der Waals surface area (Å²) in [5, 5.41) is 0. The van der Waals surface area contributed by atoms with E-state index in [9.17, 15) is 4.79 Å². The van der Waals surface area contributed by atoms with Crippen molar-refractivity contribution in [2.24, 2.45) is 0 Å². The highest BCUT2D eigenvalue weighted by Gasteiger charge is 2.04. The maximum atomic E-state index is 11.1. The van der Waals surface area contributed by atoms with Crippen LogP contribution in [0.3, 0.4) is 0 Å². The third-order valence-corrected chi connectivity index (χ3v) is 2.47. The van der Waals surface area contributed by atoms with E-state index in [-0.39, 0.29) is 5.78 Å². The molecule has 0 heterocycles. The highest BCUT2D eigenvalue weighted by Crippen LogP contribution is 2.19. The van der Waals surface area contributed by atoms with Gasteiger partial charge in [0.25, 0.3) is 0 Å². The van der Waals surface area contributed by atoms with E-state index < -0.39 is 0 Å². The average Bonchev–Trinajstić information content (AvgIpc) is 2.17. The molecule has 0 aromatic heterocycles. The van der Waals surface area contributed by atoms with E-state index in [1.54, 1.807) is 6.92 Å². The van der Waals surface area contributed by atoms with Crippen molar-refractivity contribution in [2.45, 2.75) is 33.1 Å². The molecule has 1 aromatic carbocycles. The molecule has 0 aliphatic heterocycles. The first-order chi connectivity index (χ1) is 6.15. The lowest BCUT2D eigenvalue weighted by Crippen LogP contribution is -1.96. The molecule has 0 saturated carbocycles. The fraction of sp³-hybridized carbons (Fsp3) is 0.417. The van der Waals surface area contributed by atoms with Crippen LogP contribution in [0, 0.1) is 0 Å². The Morgan fingerprint density at radius 2 is 2.15 bits per heavy atom. The monoisotopic (exact) mass is 176 g/mol. The summed E-state index contributed by atoms with van der Waals surface area (Å²) in [6.07, 6.45) is 1.11. The van der Waals surface area contributed by atoms with Gasteiger partial charge in [0.1, 0.15) is 0 Å². The molecule has 0 spiro atoms. The summed E-state index contributed by atoms with van der Waals surface area (Å²) in [5.41, 5.74) is 2.08. The van der Waals surface area contributed by atoms with Crippen LogP contribution in [0.5, 0.6) is 0 Å². The number of Topliss-reactive ketones (excluding diaryl/α,β-unsaturated/α-hetero) is 1. The highest BCUT2D eigenvalue weighted by atomic mass is 16.1. The molecule has 1 atom stereocenters. The molecular weight excluding hydrogens is 160 g/mol. The summed E-state index contributed by atoms with van der Waals surface area (Å²) < 4.78 is 0. The van der Waals surface area contributed by atoms with Gasteiger partial charge in [-0.25, -0.2) is 0 Å². The van der Waals surface area contributed by atoms with Gasteiger partial charge in [0.15, 0.2) is 5.78 Å². The van der Waals surface area contributed by atoms with Crippen molar-refractivity contribution in [1.29, 1.82) is 0 Å². The predicted octanol–water partition coefficient (Wildman–Crippen LogP) is 3.40. The molecular formula is C12H16O. The molecule has 0 bridgehead atoms. The first-order valence-corrected chi connectivity index (χ1v) is 4.76. The quantitative estimate of drug-likeness (QED) is 0.645. The molecule has 70 valence electrons. The van der Waals surface area contributed by atoms with Gasteiger partial charge < -0.3 is 0 Å². The zero-order valence-electron chi connectivity index (χ0n) is 8.50. The molecule has 0 saturated heterocycles. The van der Waals surface area contributed by atoms with Crippen LogP contribution in [0.1, 0.15) is 49.0 Å². The Balaban J connectivity index is 2.98. The summed E-state index contributed by atoms with van der Waals surface area (Å²) in [4.78, 5) is 11.1. The standard InChI is InChI=1S/C12H16O/c1-4-9(2)11-6-5-7-12(8-11)10(3)13/h5-9H,4H2,1-3H3. The van der Waals surface area contributed by atoms with Gasteiger partial charge in [0.05, 0.1) is 0 Å². The van der Waals surface area contributed by atoms with Gasteiger partial charge in [0, 0.05) is 5.56 Å². The second kappa shape index (κ2) is 4.22. The van der Waals surface area contributed by atoms with Crippen molar-refractivity contribution in [3.63, 3.8) is 0 Å². The molecule has 0 aliphatic carbocycles. The van der Waals surface area contributed by atoms with Gasteiger partial charge in [-0.1, -0.05) is 32.0 Å². The number of hydrogen-bond donors (Lipinski definition) is 0. The van der Waals surface area contributed by atoms with E-state index in [1.807, 2.05) is 18.2 Å². The first-order valence-electron chi connectivity index (χ1n) is 4.76. The van der Waals surface area contributed by atoms with E-state index in [4.69, 9.17) is 0 Å². The van der Waals surface area contributed by atoms with Crippen LogP contribution in [-0.2, 0) is 0 Å². The summed E-state index contributed by atoms with van der Waals surface area (Å²) >= 11 is 0. The Bertz CT molecular complexity index is 302. The molecule has 1 aromatic rings. The van der Waals surface area contributed by atoms with Gasteiger partial charge in [-0.2, -0.15) is 0 Å². The SMILES string of the molecule is CCC(C)c1cccc(C(C)=O)c1. The average molecular weight is 176 g/mol. The molecule has 0 amide bonds. The van der Waals surface area contributed by atoms with Crippen LogP contribution in [0.15, 0.2) is 24.3 Å². The first kappa shape index (κ1) is 9.97. The third kappa shape index (κ3) is 2.41. The lowest BCUT2D eigenvalue weighted by atomic mass is 9.96. The van der Waals surface area contributed by atoms with Crippen molar-refractivity contribution >= 4 is 5.78 Å². The minimum atomic E-state index is 0.144. The Kier molecular flexibility index (Phi) is 3.24. The van der Waals surface area contributed by atoms with Crippen LogP contribution in [0.2, 0.25) is 0 Å². The molecule has 1 nitrogen and oxygen atoms in total. The summed E-state index contributed by atoms with van der Waals surface area (Å²) in [6, 6.07) is 7.91. The minimum Gasteiger partial charge on any atom is -0.295 e. The number of carbonyl (C=O) groups is 1. The van der Waals surface area contributed by atoms with Gasteiger partial charge >= 0.3 is 0 Å². The fourth-order valence-electron chi connectivity index (χ4n) is 1.30. The lowest BCUT2D eigenvalue weighted by molar-refractivity contribution is 0.101. The van der Waals surface area contributed by atoms with Crippen LogP contribution in [-0.4, -0.2) is 5.78 Å². The number of rotatable bonds is 3. The topological polar surface area (TPSA) is 17.1 Å².